The number of carbonyl (C=O) groups excluding carboxylic acids is 2. The van der Waals surface area contributed by atoms with Crippen LogP contribution < -0.4 is 0 Å². The summed E-state index contributed by atoms with van der Waals surface area (Å²) in [6.45, 7) is 0.532. The van der Waals surface area contributed by atoms with E-state index in [-0.39, 0.29) is 48.6 Å². The number of nitrogens with zero attached hydrogens (tertiary/aromatic N) is 1. The highest BCUT2D eigenvalue weighted by molar-refractivity contribution is 6.06. The van der Waals surface area contributed by atoms with E-state index in [4.69, 9.17) is 4.74 Å². The first-order valence-corrected chi connectivity index (χ1v) is 8.48. The van der Waals surface area contributed by atoms with Crippen molar-refractivity contribution in [3.05, 3.63) is 48.0 Å². The average molecular weight is 327 g/mol. The van der Waals surface area contributed by atoms with E-state index in [1.54, 1.807) is 0 Å². The lowest BCUT2D eigenvalue weighted by Gasteiger charge is -2.20. The van der Waals surface area contributed by atoms with Gasteiger partial charge in [-0.2, -0.15) is 0 Å². The molecule has 0 spiro atoms. The van der Waals surface area contributed by atoms with Gasteiger partial charge < -0.3 is 9.84 Å². The van der Waals surface area contributed by atoms with Gasteiger partial charge in [0.05, 0.1) is 37.7 Å². The smallest absolute Gasteiger partial charge is 0.233 e. The van der Waals surface area contributed by atoms with Crippen LogP contribution in [0.4, 0.5) is 0 Å². The van der Waals surface area contributed by atoms with Crippen LogP contribution in [-0.2, 0) is 20.9 Å². The van der Waals surface area contributed by atoms with Gasteiger partial charge in [0.25, 0.3) is 0 Å². The zero-order chi connectivity index (χ0) is 16.7. The molecular weight excluding hydrogens is 306 g/mol. The minimum absolute atomic E-state index is 0.0267. The molecule has 2 bridgehead atoms. The molecule has 126 valence electrons. The van der Waals surface area contributed by atoms with Gasteiger partial charge in [0.15, 0.2) is 0 Å². The maximum atomic E-state index is 12.5. The minimum atomic E-state index is -0.856. The summed E-state index contributed by atoms with van der Waals surface area (Å²) in [6, 6.07) is 9.69. The number of hydrogen-bond donors (Lipinski definition) is 1. The SMILES string of the molecule is O=C1[C@@H]2[C@H](C(=O)N1CC(O)COCc1ccccc1)[C@@H]1C=C[C@H]2C1. The van der Waals surface area contributed by atoms with Crippen molar-refractivity contribution in [2.24, 2.45) is 23.7 Å². The zero-order valence-corrected chi connectivity index (χ0v) is 13.4. The number of ether oxygens (including phenoxy) is 1. The maximum absolute atomic E-state index is 12.5. The van der Waals surface area contributed by atoms with Crippen LogP contribution in [0, 0.1) is 23.7 Å². The van der Waals surface area contributed by atoms with Crippen LogP contribution in [0.15, 0.2) is 42.5 Å². The number of benzene rings is 1. The van der Waals surface area contributed by atoms with Gasteiger partial charge in [0.2, 0.25) is 11.8 Å². The average Bonchev–Trinajstić information content (AvgIpc) is 3.26. The molecule has 2 amide bonds. The summed E-state index contributed by atoms with van der Waals surface area (Å²) in [4.78, 5) is 26.3. The first-order chi connectivity index (χ1) is 11.6. The van der Waals surface area contributed by atoms with Gasteiger partial charge in [-0.05, 0) is 23.8 Å². The number of likely N-dealkylation sites (tertiary alicyclic amines) is 1. The summed E-state index contributed by atoms with van der Waals surface area (Å²) >= 11 is 0. The number of allylic oxidation sites excluding steroid dienone is 2. The highest BCUT2D eigenvalue weighted by Crippen LogP contribution is 2.52. The monoisotopic (exact) mass is 327 g/mol. The number of rotatable bonds is 6. The molecule has 1 saturated carbocycles. The van der Waals surface area contributed by atoms with E-state index in [2.05, 4.69) is 12.2 Å². The van der Waals surface area contributed by atoms with E-state index in [0.29, 0.717) is 6.61 Å². The molecule has 0 aromatic heterocycles. The first kappa shape index (κ1) is 15.5. The van der Waals surface area contributed by atoms with Crippen molar-refractivity contribution in [1.82, 2.24) is 4.90 Å². The molecule has 1 aromatic rings. The number of amides is 2. The van der Waals surface area contributed by atoms with Crippen molar-refractivity contribution in [3.8, 4) is 0 Å². The lowest BCUT2D eigenvalue weighted by molar-refractivity contribution is -0.143. The van der Waals surface area contributed by atoms with Gasteiger partial charge in [0, 0.05) is 0 Å². The number of hydrogen-bond acceptors (Lipinski definition) is 4. The summed E-state index contributed by atoms with van der Waals surface area (Å²) in [5.41, 5.74) is 1.02. The van der Waals surface area contributed by atoms with Crippen LogP contribution >= 0.6 is 0 Å². The molecule has 2 aliphatic carbocycles. The van der Waals surface area contributed by atoms with E-state index >= 15 is 0 Å². The van der Waals surface area contributed by atoms with Crippen molar-refractivity contribution < 1.29 is 19.4 Å². The number of aliphatic hydroxyl groups excluding tert-OH is 1. The van der Waals surface area contributed by atoms with E-state index in [0.717, 1.165) is 12.0 Å². The highest BCUT2D eigenvalue weighted by Gasteiger charge is 2.59. The molecular formula is C19H21NO4. The minimum Gasteiger partial charge on any atom is -0.389 e. The fraction of sp³-hybridized carbons (Fsp3) is 0.474. The van der Waals surface area contributed by atoms with Gasteiger partial charge in [0.1, 0.15) is 0 Å². The Bertz CT molecular complexity index is 641. The van der Waals surface area contributed by atoms with Crippen molar-refractivity contribution in [2.75, 3.05) is 13.2 Å². The first-order valence-electron chi connectivity index (χ1n) is 8.48. The van der Waals surface area contributed by atoms with Crippen molar-refractivity contribution in [3.63, 3.8) is 0 Å². The van der Waals surface area contributed by atoms with Crippen LogP contribution in [0.5, 0.6) is 0 Å². The summed E-state index contributed by atoms with van der Waals surface area (Å²) in [7, 11) is 0. The molecule has 5 nitrogen and oxygen atoms in total. The third-order valence-corrected chi connectivity index (χ3v) is 5.38. The van der Waals surface area contributed by atoms with Gasteiger partial charge in [-0.15, -0.1) is 0 Å². The fourth-order valence-electron chi connectivity index (χ4n) is 4.29. The molecule has 5 atom stereocenters. The van der Waals surface area contributed by atoms with Crippen molar-refractivity contribution in [2.45, 2.75) is 19.1 Å². The Hall–Kier alpha value is -1.98. The molecule has 2 fully saturated rings. The molecule has 4 rings (SSSR count). The predicted octanol–water partition coefficient (Wildman–Crippen LogP) is 1.37. The predicted molar refractivity (Wildman–Crippen MR) is 86.5 cm³/mol. The summed E-state index contributed by atoms with van der Waals surface area (Å²) < 4.78 is 5.50. The number of imide groups is 1. The molecule has 3 aliphatic rings. The van der Waals surface area contributed by atoms with Crippen LogP contribution in [0.25, 0.3) is 0 Å². The Morgan fingerprint density at radius 3 is 2.33 bits per heavy atom. The number of aliphatic hydroxyl groups is 1. The highest BCUT2D eigenvalue weighted by atomic mass is 16.5. The molecule has 1 aromatic carbocycles. The molecule has 1 unspecified atom stereocenters. The standard InChI is InChI=1S/C19H21NO4/c21-15(11-24-10-12-4-2-1-3-5-12)9-20-18(22)16-13-6-7-14(8-13)17(16)19(20)23/h1-7,13-17,21H,8-11H2/t13-,14+,15?,16-,17+. The maximum Gasteiger partial charge on any atom is 0.233 e. The lowest BCUT2D eigenvalue weighted by Crippen LogP contribution is -2.40. The van der Waals surface area contributed by atoms with E-state index in [9.17, 15) is 14.7 Å². The Kier molecular flexibility index (Phi) is 3.98. The normalized spacial score (nSPS) is 31.8. The quantitative estimate of drug-likeness (QED) is 0.633. The summed E-state index contributed by atoms with van der Waals surface area (Å²) in [6.07, 6.45) is 4.20. The van der Waals surface area contributed by atoms with Crippen LogP contribution in [-0.4, -0.2) is 41.1 Å². The largest absolute Gasteiger partial charge is 0.389 e. The summed E-state index contributed by atoms with van der Waals surface area (Å²) in [5.74, 6) is -0.247. The van der Waals surface area contributed by atoms with Crippen LogP contribution in [0.2, 0.25) is 0 Å². The van der Waals surface area contributed by atoms with E-state index < -0.39 is 6.10 Å². The number of carbonyl (C=O) groups is 2. The molecule has 5 heteroatoms. The Balaban J connectivity index is 1.31. The van der Waals surface area contributed by atoms with Crippen LogP contribution in [0.3, 0.4) is 0 Å². The molecule has 1 heterocycles. The molecule has 0 radical (unpaired) electrons. The second-order valence-corrected chi connectivity index (χ2v) is 6.94. The van der Waals surface area contributed by atoms with Crippen LogP contribution in [0.1, 0.15) is 12.0 Å². The van der Waals surface area contributed by atoms with Gasteiger partial charge in [-0.1, -0.05) is 42.5 Å². The Labute approximate surface area is 140 Å². The Morgan fingerprint density at radius 2 is 1.71 bits per heavy atom. The fourth-order valence-corrected chi connectivity index (χ4v) is 4.29. The molecule has 1 N–H and O–H groups in total. The van der Waals surface area contributed by atoms with Crippen molar-refractivity contribution in [1.29, 1.82) is 0 Å². The van der Waals surface area contributed by atoms with Gasteiger partial charge in [-0.25, -0.2) is 0 Å². The third-order valence-electron chi connectivity index (χ3n) is 5.38. The van der Waals surface area contributed by atoms with E-state index in [1.807, 2.05) is 30.3 Å². The molecule has 1 saturated heterocycles. The number of β-amino-alcohol motifs (C(OH)–C–C–N with tert-alkyl or cyclic N) is 1. The lowest BCUT2D eigenvalue weighted by atomic mass is 9.85. The second-order valence-electron chi connectivity index (χ2n) is 6.94. The van der Waals surface area contributed by atoms with Gasteiger partial charge in [-0.3, -0.25) is 14.5 Å². The summed E-state index contributed by atoms with van der Waals surface area (Å²) in [5, 5.41) is 10.1. The number of fused-ring (bicyclic) bond motifs is 5. The Morgan fingerprint density at radius 1 is 1.08 bits per heavy atom. The topological polar surface area (TPSA) is 66.8 Å². The third kappa shape index (κ3) is 2.58. The van der Waals surface area contributed by atoms with Gasteiger partial charge >= 0.3 is 0 Å². The van der Waals surface area contributed by atoms with E-state index in [1.165, 1.54) is 4.90 Å². The van der Waals surface area contributed by atoms with Crippen molar-refractivity contribution >= 4 is 11.8 Å². The zero-order valence-electron chi connectivity index (χ0n) is 13.4. The molecule has 24 heavy (non-hydrogen) atoms. The molecule has 1 aliphatic heterocycles. The second kappa shape index (κ2) is 6.15.